The Hall–Kier alpha value is 0.120. The minimum atomic E-state index is -4.19. The zero-order chi connectivity index (χ0) is 10.7. The fraction of sp³-hybridized carbons (Fsp3) is 0.571. The zero-order valence-corrected chi connectivity index (χ0v) is 11.3. The van der Waals surface area contributed by atoms with Gasteiger partial charge in [-0.25, -0.2) is 0 Å². The molecule has 0 aliphatic carbocycles. The molecule has 7 heteroatoms. The Morgan fingerprint density at radius 2 is 2.07 bits per heavy atom. The monoisotopic (exact) mass is 229 g/mol. The Balaban J connectivity index is 0. The standard InChI is InChI=1S/C7H13NO4S.Na/c1-4-6(9)8-5-7(2,3)13(10,11)12;/h4H,1,5H2,2-3H3,(H,8,9)(H,10,11,12);/q;+1/p-1. The first kappa shape index (κ1) is 16.5. The number of rotatable bonds is 4. The predicted octanol–water partition coefficient (Wildman–Crippen LogP) is -3.40. The van der Waals surface area contributed by atoms with Crippen LogP contribution >= 0.6 is 0 Å². The molecule has 0 radical (unpaired) electrons. The molecule has 0 aliphatic heterocycles. The third kappa shape index (κ3) is 5.11. The van der Waals surface area contributed by atoms with E-state index in [2.05, 4.69) is 11.6 Å². The average Bonchev–Trinajstić information content (AvgIpc) is 1.98. The molecular weight excluding hydrogens is 217 g/mol. The molecule has 0 bridgehead atoms. The summed E-state index contributed by atoms with van der Waals surface area (Å²) >= 11 is 0. The largest absolute Gasteiger partial charge is 1.00 e. The first-order valence-corrected chi connectivity index (χ1v) is 4.95. The van der Waals surface area contributed by atoms with Gasteiger partial charge < -0.3 is 5.11 Å². The van der Waals surface area contributed by atoms with E-state index in [0.29, 0.717) is 0 Å². The summed E-state index contributed by atoms with van der Waals surface area (Å²) < 4.78 is 28.7. The van der Waals surface area contributed by atoms with Gasteiger partial charge in [-0.2, -0.15) is 8.42 Å². The second-order valence-corrected chi connectivity index (χ2v) is 5.15. The number of hydrogen-bond donors (Lipinski definition) is 1. The van der Waals surface area contributed by atoms with Crippen LogP contribution in [0.3, 0.4) is 0 Å². The van der Waals surface area contributed by atoms with Crippen LogP contribution in [0.25, 0.3) is 0 Å². The van der Waals surface area contributed by atoms with Crippen molar-refractivity contribution in [2.45, 2.75) is 18.6 Å². The van der Waals surface area contributed by atoms with Crippen molar-refractivity contribution < 1.29 is 47.6 Å². The molecular formula is C7H12NNaO4S. The van der Waals surface area contributed by atoms with Crippen molar-refractivity contribution in [3.8, 4) is 0 Å². The van der Waals surface area contributed by atoms with Crippen molar-refractivity contribution in [2.75, 3.05) is 6.54 Å². The molecule has 5 nitrogen and oxygen atoms in total. The van der Waals surface area contributed by atoms with Gasteiger partial charge in [0, 0.05) is 0 Å². The number of hydrogen-bond acceptors (Lipinski definition) is 4. The van der Waals surface area contributed by atoms with Gasteiger partial charge in [-0.15, -0.1) is 0 Å². The van der Waals surface area contributed by atoms with Gasteiger partial charge >= 0.3 is 29.6 Å². The molecule has 0 saturated heterocycles. The summed E-state index contributed by atoms with van der Waals surface area (Å²) in [7, 11) is -4.19. The second kappa shape index (κ2) is 5.87. The van der Waals surface area contributed by atoms with E-state index in [1.165, 1.54) is 13.8 Å². The van der Waals surface area contributed by atoms with Gasteiger partial charge in [0.1, 0.15) is 4.75 Å². The summed E-state index contributed by atoms with van der Waals surface area (Å²) in [6, 6.07) is 0. The third-order valence-corrected chi connectivity index (χ3v) is 3.01. The minimum absolute atomic E-state index is 0. The molecule has 14 heavy (non-hydrogen) atoms. The van der Waals surface area contributed by atoms with Crippen molar-refractivity contribution in [3.05, 3.63) is 12.7 Å². The smallest absolute Gasteiger partial charge is 0.859 e. The van der Waals surface area contributed by atoms with Crippen LogP contribution in [0.15, 0.2) is 17.6 Å². The SMILES string of the molecule is C=CC([O-])=NCC(C)(C)S(=O)(=O)O.[Na+]. The molecule has 0 heterocycles. The van der Waals surface area contributed by atoms with Crippen LogP contribution in [-0.2, 0) is 10.1 Å². The Kier molecular flexibility index (Phi) is 6.94. The summed E-state index contributed by atoms with van der Waals surface area (Å²) in [6.07, 6.45) is 0.972. The summed E-state index contributed by atoms with van der Waals surface area (Å²) in [5.41, 5.74) is 0. The van der Waals surface area contributed by atoms with Gasteiger partial charge in [0.25, 0.3) is 10.1 Å². The molecule has 76 valence electrons. The van der Waals surface area contributed by atoms with Gasteiger partial charge in [0.05, 0.1) is 6.54 Å². The Morgan fingerprint density at radius 3 is 2.36 bits per heavy atom. The Morgan fingerprint density at radius 1 is 1.64 bits per heavy atom. The summed E-state index contributed by atoms with van der Waals surface area (Å²) in [6.45, 7) is 5.45. The van der Waals surface area contributed by atoms with Crippen molar-refractivity contribution in [2.24, 2.45) is 4.99 Å². The van der Waals surface area contributed by atoms with E-state index in [-0.39, 0.29) is 36.1 Å². The van der Waals surface area contributed by atoms with Crippen molar-refractivity contribution in [1.29, 1.82) is 0 Å². The Labute approximate surface area is 106 Å². The maximum absolute atomic E-state index is 10.7. The molecule has 0 aromatic rings. The van der Waals surface area contributed by atoms with E-state index in [1.807, 2.05) is 0 Å². The summed E-state index contributed by atoms with van der Waals surface area (Å²) in [5.74, 6) is -0.600. The van der Waals surface area contributed by atoms with Gasteiger partial charge in [-0.3, -0.25) is 9.55 Å². The zero-order valence-electron chi connectivity index (χ0n) is 8.52. The van der Waals surface area contributed by atoms with Crippen molar-refractivity contribution in [3.63, 3.8) is 0 Å². The number of nitrogens with zero attached hydrogens (tertiary/aromatic N) is 1. The predicted molar refractivity (Wildman–Crippen MR) is 48.1 cm³/mol. The van der Waals surface area contributed by atoms with Gasteiger partial charge in [0.15, 0.2) is 0 Å². The first-order chi connectivity index (χ1) is 5.70. The topological polar surface area (TPSA) is 89.8 Å². The first-order valence-electron chi connectivity index (χ1n) is 3.51. The van der Waals surface area contributed by atoms with E-state index in [0.717, 1.165) is 6.08 Å². The van der Waals surface area contributed by atoms with Crippen LogP contribution in [0.4, 0.5) is 0 Å². The molecule has 0 aromatic heterocycles. The third-order valence-electron chi connectivity index (χ3n) is 1.49. The molecule has 0 amide bonds. The maximum atomic E-state index is 10.7. The van der Waals surface area contributed by atoms with E-state index < -0.39 is 20.8 Å². The van der Waals surface area contributed by atoms with E-state index >= 15 is 0 Å². The van der Waals surface area contributed by atoms with E-state index in [1.54, 1.807) is 0 Å². The van der Waals surface area contributed by atoms with Crippen molar-refractivity contribution >= 4 is 16.0 Å². The van der Waals surface area contributed by atoms with Crippen LogP contribution in [-0.4, -0.2) is 30.2 Å². The van der Waals surface area contributed by atoms with Gasteiger partial charge in [-0.05, 0) is 19.7 Å². The summed E-state index contributed by atoms with van der Waals surface area (Å²) in [4.78, 5) is 3.38. The Bertz CT molecular complexity index is 321. The molecule has 0 spiro atoms. The maximum Gasteiger partial charge on any atom is 1.00 e. The van der Waals surface area contributed by atoms with Gasteiger partial charge in [0.2, 0.25) is 0 Å². The molecule has 0 saturated carbocycles. The molecule has 0 aromatic carbocycles. The van der Waals surface area contributed by atoms with Crippen molar-refractivity contribution in [1.82, 2.24) is 0 Å². The van der Waals surface area contributed by atoms with Crippen LogP contribution in [0.2, 0.25) is 0 Å². The number of aliphatic imine (C=N–C) groups is 1. The van der Waals surface area contributed by atoms with Crippen LogP contribution in [0.1, 0.15) is 13.8 Å². The fourth-order valence-electron chi connectivity index (χ4n) is 0.414. The molecule has 0 atom stereocenters. The summed E-state index contributed by atoms with van der Waals surface area (Å²) in [5, 5.41) is 10.6. The quantitative estimate of drug-likeness (QED) is 0.235. The molecule has 0 fully saturated rings. The van der Waals surface area contributed by atoms with E-state index in [4.69, 9.17) is 4.55 Å². The molecule has 0 unspecified atom stereocenters. The van der Waals surface area contributed by atoms with Crippen LogP contribution < -0.4 is 34.7 Å². The fourth-order valence-corrected chi connectivity index (χ4v) is 0.642. The molecule has 0 rings (SSSR count). The normalized spacial score (nSPS) is 13.2. The van der Waals surface area contributed by atoms with Crippen LogP contribution in [0.5, 0.6) is 0 Å². The average molecular weight is 229 g/mol. The molecule has 1 N–H and O–H groups in total. The minimum Gasteiger partial charge on any atom is -0.859 e. The van der Waals surface area contributed by atoms with Crippen LogP contribution in [0, 0.1) is 0 Å². The molecule has 0 aliphatic rings. The second-order valence-electron chi connectivity index (χ2n) is 3.09. The van der Waals surface area contributed by atoms with Gasteiger partial charge in [-0.1, -0.05) is 12.7 Å². The van der Waals surface area contributed by atoms with E-state index in [9.17, 15) is 13.5 Å².